The van der Waals surface area contributed by atoms with E-state index in [0.29, 0.717) is 19.6 Å². The Balaban J connectivity index is 3.39. The third-order valence-electron chi connectivity index (χ3n) is 6.09. The van der Waals surface area contributed by atoms with Crippen molar-refractivity contribution in [3.63, 3.8) is 0 Å². The predicted octanol–water partition coefficient (Wildman–Crippen LogP) is 8.31. The largest absolute Gasteiger partial charge is 0.457 e. The molecule has 0 aromatic carbocycles. The van der Waals surface area contributed by atoms with Crippen molar-refractivity contribution in [3.05, 3.63) is 12.2 Å². The molecule has 4 heteroatoms. The number of allylic oxidation sites excluding steroid dienone is 2. The quantitative estimate of drug-likeness (QED) is 0.0787. The molecule has 1 N–H and O–H groups in total. The van der Waals surface area contributed by atoms with Crippen molar-refractivity contribution in [2.24, 2.45) is 0 Å². The van der Waals surface area contributed by atoms with Gasteiger partial charge in [-0.05, 0) is 38.5 Å². The molecule has 196 valence electrons. The van der Waals surface area contributed by atoms with Crippen molar-refractivity contribution in [1.29, 1.82) is 0 Å². The molecule has 0 spiro atoms. The molecule has 33 heavy (non-hydrogen) atoms. The van der Waals surface area contributed by atoms with E-state index in [0.717, 1.165) is 19.3 Å². The highest BCUT2D eigenvalue weighted by atomic mass is 16.6. The predicted molar refractivity (Wildman–Crippen MR) is 141 cm³/mol. The molecule has 0 bridgehead atoms. The van der Waals surface area contributed by atoms with Crippen LogP contribution in [0, 0.1) is 0 Å². The number of carbonyl (C=O) groups excluding carboxylic acids is 1. The summed E-state index contributed by atoms with van der Waals surface area (Å²) in [6, 6.07) is 0. The highest BCUT2D eigenvalue weighted by Crippen LogP contribution is 2.10. The fourth-order valence-electron chi connectivity index (χ4n) is 3.91. The Labute approximate surface area is 205 Å². The van der Waals surface area contributed by atoms with E-state index in [1.165, 1.54) is 103 Å². The van der Waals surface area contributed by atoms with Gasteiger partial charge in [-0.2, -0.15) is 0 Å². The Hall–Kier alpha value is -0.870. The summed E-state index contributed by atoms with van der Waals surface area (Å²) >= 11 is 0. The smallest absolute Gasteiger partial charge is 0.306 e. The van der Waals surface area contributed by atoms with Crippen molar-refractivity contribution < 1.29 is 19.4 Å². The third-order valence-corrected chi connectivity index (χ3v) is 6.09. The molecule has 1 unspecified atom stereocenters. The van der Waals surface area contributed by atoms with Gasteiger partial charge < -0.3 is 14.6 Å². The normalized spacial score (nSPS) is 12.5. The zero-order chi connectivity index (χ0) is 24.2. The molecule has 0 fully saturated rings. The minimum atomic E-state index is -0.526. The van der Waals surface area contributed by atoms with Gasteiger partial charge in [0.1, 0.15) is 6.10 Å². The minimum Gasteiger partial charge on any atom is -0.457 e. The Morgan fingerprint density at radius 1 is 0.697 bits per heavy atom. The van der Waals surface area contributed by atoms with E-state index in [1.807, 2.05) is 0 Å². The number of carbonyl (C=O) groups is 1. The van der Waals surface area contributed by atoms with Gasteiger partial charge in [-0.25, -0.2) is 0 Å². The van der Waals surface area contributed by atoms with E-state index in [9.17, 15) is 9.90 Å². The van der Waals surface area contributed by atoms with E-state index < -0.39 is 6.10 Å². The molecule has 0 heterocycles. The summed E-state index contributed by atoms with van der Waals surface area (Å²) in [6.07, 6.45) is 28.3. The maximum atomic E-state index is 11.8. The number of aliphatic hydroxyl groups excluding tert-OH is 1. The SMILES string of the molecule is CCCCCCCC/C=C\CCCCCCCCOCC(CO)OC(=O)CCCCCCC. The summed E-state index contributed by atoms with van der Waals surface area (Å²) < 4.78 is 10.9. The van der Waals surface area contributed by atoms with Crippen LogP contribution in [0.2, 0.25) is 0 Å². The first-order valence-electron chi connectivity index (χ1n) is 14.3. The van der Waals surface area contributed by atoms with Gasteiger partial charge in [0.05, 0.1) is 13.2 Å². The van der Waals surface area contributed by atoms with Crippen LogP contribution in [0.4, 0.5) is 0 Å². The average molecular weight is 469 g/mol. The lowest BCUT2D eigenvalue weighted by atomic mass is 10.1. The molecule has 0 aromatic rings. The van der Waals surface area contributed by atoms with E-state index in [-0.39, 0.29) is 12.6 Å². The second-order valence-electron chi connectivity index (χ2n) is 9.47. The van der Waals surface area contributed by atoms with Gasteiger partial charge in [-0.15, -0.1) is 0 Å². The second kappa shape index (κ2) is 27.4. The van der Waals surface area contributed by atoms with Gasteiger partial charge in [-0.1, -0.05) is 109 Å². The maximum Gasteiger partial charge on any atom is 0.306 e. The van der Waals surface area contributed by atoms with Gasteiger partial charge in [0.2, 0.25) is 0 Å². The first kappa shape index (κ1) is 32.1. The van der Waals surface area contributed by atoms with Gasteiger partial charge in [0.25, 0.3) is 0 Å². The monoisotopic (exact) mass is 468 g/mol. The molecular formula is C29H56O4. The summed E-state index contributed by atoms with van der Waals surface area (Å²) in [6.45, 7) is 5.24. The van der Waals surface area contributed by atoms with E-state index in [1.54, 1.807) is 0 Å². The Morgan fingerprint density at radius 2 is 1.18 bits per heavy atom. The summed E-state index contributed by atoms with van der Waals surface area (Å²) in [5.74, 6) is -0.216. The highest BCUT2D eigenvalue weighted by Gasteiger charge is 2.13. The molecular weight excluding hydrogens is 412 g/mol. The number of aliphatic hydroxyl groups is 1. The van der Waals surface area contributed by atoms with Crippen LogP contribution in [-0.2, 0) is 14.3 Å². The molecule has 0 aliphatic carbocycles. The molecule has 1 atom stereocenters. The van der Waals surface area contributed by atoms with E-state index in [2.05, 4.69) is 26.0 Å². The lowest BCUT2D eigenvalue weighted by Crippen LogP contribution is -2.27. The van der Waals surface area contributed by atoms with Crippen molar-refractivity contribution in [3.8, 4) is 0 Å². The summed E-state index contributed by atoms with van der Waals surface area (Å²) in [7, 11) is 0. The fourth-order valence-corrected chi connectivity index (χ4v) is 3.91. The van der Waals surface area contributed by atoms with Crippen molar-refractivity contribution in [2.45, 2.75) is 148 Å². The topological polar surface area (TPSA) is 55.8 Å². The molecule has 0 radical (unpaired) electrons. The Kier molecular flexibility index (Phi) is 26.7. The minimum absolute atomic E-state index is 0.172. The number of ether oxygens (including phenoxy) is 2. The summed E-state index contributed by atoms with van der Waals surface area (Å²) in [5, 5.41) is 9.40. The van der Waals surface area contributed by atoms with Crippen molar-refractivity contribution >= 4 is 5.97 Å². The second-order valence-corrected chi connectivity index (χ2v) is 9.47. The number of unbranched alkanes of at least 4 members (excludes halogenated alkanes) is 16. The molecule has 0 amide bonds. The fraction of sp³-hybridized carbons (Fsp3) is 0.897. The van der Waals surface area contributed by atoms with E-state index >= 15 is 0 Å². The van der Waals surface area contributed by atoms with Crippen molar-refractivity contribution in [2.75, 3.05) is 19.8 Å². The molecule has 0 aliphatic heterocycles. The Morgan fingerprint density at radius 3 is 1.73 bits per heavy atom. The number of hydrogen-bond acceptors (Lipinski definition) is 4. The van der Waals surface area contributed by atoms with Crippen molar-refractivity contribution in [1.82, 2.24) is 0 Å². The first-order valence-corrected chi connectivity index (χ1v) is 14.3. The van der Waals surface area contributed by atoms with Crippen LogP contribution in [0.5, 0.6) is 0 Å². The zero-order valence-electron chi connectivity index (χ0n) is 22.2. The molecule has 0 rings (SSSR count). The number of esters is 1. The van der Waals surface area contributed by atoms with Crippen LogP contribution in [0.25, 0.3) is 0 Å². The summed E-state index contributed by atoms with van der Waals surface area (Å²) in [5.41, 5.74) is 0. The van der Waals surface area contributed by atoms with Gasteiger partial charge in [-0.3, -0.25) is 4.79 Å². The Bertz CT molecular complexity index is 422. The summed E-state index contributed by atoms with van der Waals surface area (Å²) in [4.78, 5) is 11.8. The van der Waals surface area contributed by atoms with Crippen LogP contribution in [-0.4, -0.2) is 37.0 Å². The molecule has 4 nitrogen and oxygen atoms in total. The number of rotatable bonds is 26. The van der Waals surface area contributed by atoms with Crippen LogP contribution < -0.4 is 0 Å². The molecule has 0 aliphatic rings. The third kappa shape index (κ3) is 25.6. The van der Waals surface area contributed by atoms with Gasteiger partial charge >= 0.3 is 5.97 Å². The van der Waals surface area contributed by atoms with Crippen LogP contribution in [0.15, 0.2) is 12.2 Å². The first-order chi connectivity index (χ1) is 16.2. The van der Waals surface area contributed by atoms with Crippen LogP contribution in [0.3, 0.4) is 0 Å². The van der Waals surface area contributed by atoms with Gasteiger partial charge in [0, 0.05) is 13.0 Å². The lowest BCUT2D eigenvalue weighted by molar-refractivity contribution is -0.154. The molecule has 0 aromatic heterocycles. The van der Waals surface area contributed by atoms with E-state index in [4.69, 9.17) is 9.47 Å². The van der Waals surface area contributed by atoms with Crippen LogP contribution >= 0.6 is 0 Å². The van der Waals surface area contributed by atoms with Crippen LogP contribution in [0.1, 0.15) is 142 Å². The lowest BCUT2D eigenvalue weighted by Gasteiger charge is -2.15. The van der Waals surface area contributed by atoms with Gasteiger partial charge in [0.15, 0.2) is 0 Å². The average Bonchev–Trinajstić information content (AvgIpc) is 2.82. The highest BCUT2D eigenvalue weighted by molar-refractivity contribution is 5.69. The molecule has 0 saturated carbocycles. The molecule has 0 saturated heterocycles. The number of hydrogen-bond donors (Lipinski definition) is 1. The zero-order valence-corrected chi connectivity index (χ0v) is 22.2. The standard InChI is InChI=1S/C29H56O4/c1-3-5-7-9-10-11-12-13-14-15-16-17-18-19-21-23-25-32-27-28(26-30)33-29(31)24-22-20-8-6-4-2/h13-14,28,30H,3-12,15-27H2,1-2H3/b14-13-. The maximum absolute atomic E-state index is 11.8.